The van der Waals surface area contributed by atoms with Crippen molar-refractivity contribution in [3.63, 3.8) is 0 Å². The molecule has 0 aliphatic heterocycles. The number of ether oxygens (including phenoxy) is 1. The first kappa shape index (κ1) is 15.6. The van der Waals surface area contributed by atoms with E-state index in [2.05, 4.69) is 5.32 Å². The normalized spacial score (nSPS) is 13.1. The van der Waals surface area contributed by atoms with Crippen LogP contribution in [0.5, 0.6) is 0 Å². The Balaban J connectivity index is 4.34. The standard InChI is InChI=1S/C11H20N2O4/c1-9(11(16)12-2)6-13(8-15)5-4-10(7-14)17-3/h6,8,10,14H,4-5,7H2,1-3H3,(H,12,16)/b9-6-. The molecule has 0 rings (SSSR count). The van der Waals surface area contributed by atoms with E-state index in [1.807, 2.05) is 0 Å². The van der Waals surface area contributed by atoms with E-state index in [0.29, 0.717) is 24.9 Å². The first-order valence-electron chi connectivity index (χ1n) is 5.34. The summed E-state index contributed by atoms with van der Waals surface area (Å²) in [7, 11) is 3.02. The van der Waals surface area contributed by atoms with Gasteiger partial charge in [0.25, 0.3) is 0 Å². The van der Waals surface area contributed by atoms with Gasteiger partial charge in [0.15, 0.2) is 0 Å². The maximum atomic E-state index is 11.2. The lowest BCUT2D eigenvalue weighted by Crippen LogP contribution is -2.26. The van der Waals surface area contributed by atoms with Crippen LogP contribution >= 0.6 is 0 Å². The Morgan fingerprint density at radius 2 is 2.24 bits per heavy atom. The number of carbonyl (C=O) groups excluding carboxylic acids is 2. The predicted octanol–water partition coefficient (Wildman–Crippen LogP) is -0.508. The fourth-order valence-corrected chi connectivity index (χ4v) is 1.23. The third kappa shape index (κ3) is 6.03. The molecule has 0 aliphatic carbocycles. The SMILES string of the molecule is CNC(=O)/C(C)=C\N(C=O)CCC(CO)OC. The highest BCUT2D eigenvalue weighted by Crippen LogP contribution is 2.01. The van der Waals surface area contributed by atoms with E-state index >= 15 is 0 Å². The van der Waals surface area contributed by atoms with Crippen molar-refractivity contribution in [2.45, 2.75) is 19.4 Å². The van der Waals surface area contributed by atoms with Gasteiger partial charge in [-0.15, -0.1) is 0 Å². The summed E-state index contributed by atoms with van der Waals surface area (Å²) in [6.07, 6.45) is 2.31. The molecule has 0 fully saturated rings. The number of hydrogen-bond donors (Lipinski definition) is 2. The molecule has 6 nitrogen and oxygen atoms in total. The molecule has 0 bridgehead atoms. The van der Waals surface area contributed by atoms with Gasteiger partial charge in [0, 0.05) is 32.5 Å². The van der Waals surface area contributed by atoms with Gasteiger partial charge in [-0.05, 0) is 13.3 Å². The number of amides is 2. The third-order valence-corrected chi connectivity index (χ3v) is 2.33. The van der Waals surface area contributed by atoms with Crippen LogP contribution in [0.3, 0.4) is 0 Å². The molecule has 2 N–H and O–H groups in total. The van der Waals surface area contributed by atoms with Crippen LogP contribution in [0.25, 0.3) is 0 Å². The van der Waals surface area contributed by atoms with Crippen molar-refractivity contribution in [1.82, 2.24) is 10.2 Å². The second-order valence-corrected chi connectivity index (χ2v) is 3.56. The van der Waals surface area contributed by atoms with Crippen molar-refractivity contribution >= 4 is 12.3 Å². The molecule has 6 heteroatoms. The molecular formula is C11H20N2O4. The molecule has 1 atom stereocenters. The number of aliphatic hydroxyl groups excluding tert-OH is 1. The molecular weight excluding hydrogens is 224 g/mol. The number of likely N-dealkylation sites (N-methyl/N-ethyl adjacent to an activating group) is 1. The molecule has 0 saturated heterocycles. The van der Waals surface area contributed by atoms with Crippen LogP contribution in [0.4, 0.5) is 0 Å². The van der Waals surface area contributed by atoms with Gasteiger partial charge in [-0.25, -0.2) is 0 Å². The molecule has 0 aromatic rings. The van der Waals surface area contributed by atoms with E-state index in [9.17, 15) is 9.59 Å². The van der Waals surface area contributed by atoms with Crippen molar-refractivity contribution in [2.24, 2.45) is 0 Å². The Kier molecular flexibility index (Phi) is 8.00. The van der Waals surface area contributed by atoms with E-state index in [1.54, 1.807) is 6.92 Å². The van der Waals surface area contributed by atoms with Gasteiger partial charge in [0.05, 0.1) is 12.7 Å². The zero-order chi connectivity index (χ0) is 13.3. The van der Waals surface area contributed by atoms with Gasteiger partial charge in [-0.3, -0.25) is 9.59 Å². The molecule has 98 valence electrons. The van der Waals surface area contributed by atoms with Crippen molar-refractivity contribution in [1.29, 1.82) is 0 Å². The average molecular weight is 244 g/mol. The third-order valence-electron chi connectivity index (χ3n) is 2.33. The fourth-order valence-electron chi connectivity index (χ4n) is 1.23. The molecule has 0 aliphatic rings. The van der Waals surface area contributed by atoms with E-state index in [4.69, 9.17) is 9.84 Å². The Bertz CT molecular complexity index is 275. The fraction of sp³-hybridized carbons (Fsp3) is 0.636. The number of nitrogens with one attached hydrogen (secondary N) is 1. The summed E-state index contributed by atoms with van der Waals surface area (Å²) >= 11 is 0. The number of hydrogen-bond acceptors (Lipinski definition) is 4. The Labute approximate surface area is 101 Å². The Morgan fingerprint density at radius 3 is 2.65 bits per heavy atom. The highest BCUT2D eigenvalue weighted by molar-refractivity contribution is 5.92. The summed E-state index contributed by atoms with van der Waals surface area (Å²) < 4.78 is 4.98. The van der Waals surface area contributed by atoms with Crippen molar-refractivity contribution < 1.29 is 19.4 Å². The average Bonchev–Trinajstić information content (AvgIpc) is 2.37. The molecule has 17 heavy (non-hydrogen) atoms. The number of aliphatic hydroxyl groups is 1. The van der Waals surface area contributed by atoms with E-state index < -0.39 is 0 Å². The highest BCUT2D eigenvalue weighted by atomic mass is 16.5. The minimum atomic E-state index is -0.300. The van der Waals surface area contributed by atoms with Gasteiger partial charge in [0.1, 0.15) is 0 Å². The smallest absolute Gasteiger partial charge is 0.248 e. The topological polar surface area (TPSA) is 78.9 Å². The summed E-state index contributed by atoms with van der Waals surface area (Å²) in [6, 6.07) is 0. The van der Waals surface area contributed by atoms with Crippen LogP contribution in [0, 0.1) is 0 Å². The van der Waals surface area contributed by atoms with Gasteiger partial charge >= 0.3 is 0 Å². The number of methoxy groups -OCH3 is 1. The lowest BCUT2D eigenvalue weighted by molar-refractivity contribution is -0.117. The van der Waals surface area contributed by atoms with Gasteiger partial charge in [-0.2, -0.15) is 0 Å². The molecule has 0 saturated carbocycles. The summed E-state index contributed by atoms with van der Waals surface area (Å²) in [4.78, 5) is 23.4. The largest absolute Gasteiger partial charge is 0.394 e. The van der Waals surface area contributed by atoms with E-state index in [-0.39, 0.29) is 18.6 Å². The summed E-state index contributed by atoms with van der Waals surface area (Å²) in [5.41, 5.74) is 0.442. The zero-order valence-electron chi connectivity index (χ0n) is 10.5. The minimum absolute atomic E-state index is 0.0959. The second kappa shape index (κ2) is 8.72. The van der Waals surface area contributed by atoms with Crippen LogP contribution in [-0.4, -0.2) is 55.7 Å². The van der Waals surface area contributed by atoms with Gasteiger partial charge < -0.3 is 20.1 Å². The first-order valence-corrected chi connectivity index (χ1v) is 5.34. The maximum Gasteiger partial charge on any atom is 0.248 e. The minimum Gasteiger partial charge on any atom is -0.394 e. The molecule has 2 amide bonds. The molecule has 0 heterocycles. The van der Waals surface area contributed by atoms with Crippen LogP contribution in [0.1, 0.15) is 13.3 Å². The van der Waals surface area contributed by atoms with E-state index in [0.717, 1.165) is 0 Å². The lowest BCUT2D eigenvalue weighted by atomic mass is 10.2. The predicted molar refractivity (Wildman–Crippen MR) is 63.1 cm³/mol. The number of carbonyl (C=O) groups is 2. The molecule has 0 aromatic heterocycles. The Hall–Kier alpha value is -1.40. The highest BCUT2D eigenvalue weighted by Gasteiger charge is 2.09. The molecule has 0 aromatic carbocycles. The number of nitrogens with zero attached hydrogens (tertiary/aromatic N) is 1. The lowest BCUT2D eigenvalue weighted by Gasteiger charge is -2.17. The van der Waals surface area contributed by atoms with Gasteiger partial charge in [-0.1, -0.05) is 0 Å². The quantitative estimate of drug-likeness (QED) is 0.445. The van der Waals surface area contributed by atoms with Crippen molar-refractivity contribution in [2.75, 3.05) is 27.3 Å². The first-order chi connectivity index (χ1) is 8.08. The molecule has 1 unspecified atom stereocenters. The van der Waals surface area contributed by atoms with Crippen LogP contribution in [0.2, 0.25) is 0 Å². The molecule has 0 spiro atoms. The zero-order valence-corrected chi connectivity index (χ0v) is 10.5. The Morgan fingerprint density at radius 1 is 1.59 bits per heavy atom. The van der Waals surface area contributed by atoms with Gasteiger partial charge in [0.2, 0.25) is 12.3 Å². The summed E-state index contributed by atoms with van der Waals surface area (Å²) in [5.74, 6) is -0.234. The van der Waals surface area contributed by atoms with Crippen molar-refractivity contribution in [3.8, 4) is 0 Å². The van der Waals surface area contributed by atoms with E-state index in [1.165, 1.54) is 25.3 Å². The summed E-state index contributed by atoms with van der Waals surface area (Å²) in [6.45, 7) is 1.91. The maximum absolute atomic E-state index is 11.2. The number of rotatable bonds is 8. The summed E-state index contributed by atoms with van der Waals surface area (Å²) in [5, 5.41) is 11.4. The van der Waals surface area contributed by atoms with Crippen LogP contribution in [-0.2, 0) is 14.3 Å². The van der Waals surface area contributed by atoms with Crippen molar-refractivity contribution in [3.05, 3.63) is 11.8 Å². The van der Waals surface area contributed by atoms with Crippen LogP contribution < -0.4 is 5.32 Å². The van der Waals surface area contributed by atoms with Crippen LogP contribution in [0.15, 0.2) is 11.8 Å². The monoisotopic (exact) mass is 244 g/mol. The molecule has 0 radical (unpaired) electrons. The second-order valence-electron chi connectivity index (χ2n) is 3.56.